The van der Waals surface area contributed by atoms with Crippen molar-refractivity contribution in [2.75, 3.05) is 27.3 Å². The Morgan fingerprint density at radius 2 is 1.95 bits per heavy atom. The summed E-state index contributed by atoms with van der Waals surface area (Å²) in [4.78, 5) is 2.42. The first-order valence-electron chi connectivity index (χ1n) is 7.43. The average molecular weight is 356 g/mol. The van der Waals surface area contributed by atoms with E-state index in [0.717, 1.165) is 54.0 Å². The van der Waals surface area contributed by atoms with Crippen LogP contribution in [0.2, 0.25) is 0 Å². The lowest BCUT2D eigenvalue weighted by molar-refractivity contribution is 0.123. The first-order chi connectivity index (χ1) is 10.1. The van der Waals surface area contributed by atoms with Gasteiger partial charge in [-0.05, 0) is 46.8 Å². The predicted octanol–water partition coefficient (Wildman–Crippen LogP) is 2.67. The fraction of sp³-hybridized carbons (Fsp3) is 0.625. The molecule has 0 bridgehead atoms. The number of methoxy groups -OCH3 is 2. The second-order valence-corrected chi connectivity index (χ2v) is 6.92. The molecule has 5 heteroatoms. The van der Waals surface area contributed by atoms with Crippen molar-refractivity contribution < 1.29 is 14.6 Å². The van der Waals surface area contributed by atoms with E-state index < -0.39 is 0 Å². The molecule has 4 nitrogen and oxygen atoms in total. The summed E-state index contributed by atoms with van der Waals surface area (Å²) < 4.78 is 11.8. The first-order valence-corrected chi connectivity index (χ1v) is 8.22. The molecule has 1 aliphatic heterocycles. The lowest BCUT2D eigenvalue weighted by atomic mass is 10.00. The largest absolute Gasteiger partial charge is 0.496 e. The van der Waals surface area contributed by atoms with Gasteiger partial charge in [-0.1, -0.05) is 0 Å². The van der Waals surface area contributed by atoms with E-state index in [1.54, 1.807) is 14.2 Å². The summed E-state index contributed by atoms with van der Waals surface area (Å²) in [6.45, 7) is 2.89. The molecule has 0 radical (unpaired) electrons. The average Bonchev–Trinajstić information content (AvgIpc) is 3.02. The van der Waals surface area contributed by atoms with Crippen LogP contribution in [0.4, 0.5) is 0 Å². The van der Waals surface area contributed by atoms with Crippen molar-refractivity contribution in [3.8, 4) is 11.5 Å². The third-order valence-electron chi connectivity index (χ3n) is 4.84. The highest BCUT2D eigenvalue weighted by molar-refractivity contribution is 9.10. The highest BCUT2D eigenvalue weighted by Crippen LogP contribution is 2.40. The summed E-state index contributed by atoms with van der Waals surface area (Å²) in [6, 6.07) is 3.99. The van der Waals surface area contributed by atoms with E-state index in [0.29, 0.717) is 11.8 Å². The highest BCUT2D eigenvalue weighted by Gasteiger charge is 2.41. The van der Waals surface area contributed by atoms with Gasteiger partial charge in [-0.15, -0.1) is 0 Å². The Bertz CT molecular complexity index is 522. The van der Waals surface area contributed by atoms with E-state index >= 15 is 0 Å². The Morgan fingerprint density at radius 1 is 1.19 bits per heavy atom. The standard InChI is InChI=1S/C16H22BrNO3/c1-20-15-6-13(17)16(21-2)5-11(15)8-18-7-10-3-4-14(19)12(10)9-18/h5-6,10,12,14,19H,3-4,7-9H2,1-2H3. The zero-order chi connectivity index (χ0) is 15.0. The molecule has 1 aliphatic carbocycles. The Kier molecular flexibility index (Phi) is 4.43. The van der Waals surface area contributed by atoms with Crippen LogP contribution < -0.4 is 9.47 Å². The molecule has 2 fully saturated rings. The molecular weight excluding hydrogens is 334 g/mol. The topological polar surface area (TPSA) is 41.9 Å². The Morgan fingerprint density at radius 3 is 2.62 bits per heavy atom. The number of likely N-dealkylation sites (tertiary alicyclic amines) is 1. The van der Waals surface area contributed by atoms with Crippen LogP contribution in [0.25, 0.3) is 0 Å². The Labute approximate surface area is 134 Å². The van der Waals surface area contributed by atoms with Gasteiger partial charge in [0.2, 0.25) is 0 Å². The molecule has 21 heavy (non-hydrogen) atoms. The van der Waals surface area contributed by atoms with E-state index in [-0.39, 0.29) is 6.10 Å². The molecule has 1 saturated heterocycles. The van der Waals surface area contributed by atoms with E-state index in [2.05, 4.69) is 20.8 Å². The number of aliphatic hydroxyl groups is 1. The summed E-state index contributed by atoms with van der Waals surface area (Å²) in [5, 5.41) is 10.0. The minimum atomic E-state index is -0.110. The molecule has 3 atom stereocenters. The lowest BCUT2D eigenvalue weighted by Crippen LogP contribution is -2.24. The summed E-state index contributed by atoms with van der Waals surface area (Å²) >= 11 is 3.49. The van der Waals surface area contributed by atoms with Gasteiger partial charge in [0, 0.05) is 31.1 Å². The number of rotatable bonds is 4. The van der Waals surface area contributed by atoms with Crippen LogP contribution in [0, 0.1) is 11.8 Å². The van der Waals surface area contributed by atoms with Gasteiger partial charge in [-0.2, -0.15) is 0 Å². The van der Waals surface area contributed by atoms with Crippen LogP contribution in [0.15, 0.2) is 16.6 Å². The molecule has 1 heterocycles. The summed E-state index contributed by atoms with van der Waals surface area (Å²) in [6.07, 6.45) is 2.02. The zero-order valence-corrected chi connectivity index (χ0v) is 14.1. The number of hydrogen-bond donors (Lipinski definition) is 1. The number of aliphatic hydroxyl groups excluding tert-OH is 1. The smallest absolute Gasteiger partial charge is 0.133 e. The molecule has 1 aromatic carbocycles. The van der Waals surface area contributed by atoms with Gasteiger partial charge in [0.1, 0.15) is 11.5 Å². The second-order valence-electron chi connectivity index (χ2n) is 6.06. The van der Waals surface area contributed by atoms with Gasteiger partial charge in [-0.25, -0.2) is 0 Å². The highest BCUT2D eigenvalue weighted by atomic mass is 79.9. The number of benzene rings is 1. The van der Waals surface area contributed by atoms with E-state index in [1.807, 2.05) is 12.1 Å². The van der Waals surface area contributed by atoms with Crippen molar-refractivity contribution in [2.24, 2.45) is 11.8 Å². The molecule has 0 aromatic heterocycles. The second kappa shape index (κ2) is 6.15. The molecular formula is C16H22BrNO3. The third kappa shape index (κ3) is 2.91. The minimum Gasteiger partial charge on any atom is -0.496 e. The normalized spacial score (nSPS) is 28.7. The van der Waals surface area contributed by atoms with Crippen LogP contribution in [-0.2, 0) is 6.54 Å². The quantitative estimate of drug-likeness (QED) is 0.901. The molecule has 116 valence electrons. The van der Waals surface area contributed by atoms with E-state index in [1.165, 1.54) is 0 Å². The predicted molar refractivity (Wildman–Crippen MR) is 84.7 cm³/mol. The number of hydrogen-bond acceptors (Lipinski definition) is 4. The molecule has 0 spiro atoms. The summed E-state index contributed by atoms with van der Waals surface area (Å²) in [7, 11) is 3.37. The lowest BCUT2D eigenvalue weighted by Gasteiger charge is -2.20. The van der Waals surface area contributed by atoms with Gasteiger partial charge in [0.25, 0.3) is 0 Å². The van der Waals surface area contributed by atoms with Crippen LogP contribution in [0.1, 0.15) is 18.4 Å². The third-order valence-corrected chi connectivity index (χ3v) is 5.46. The molecule has 1 saturated carbocycles. The van der Waals surface area contributed by atoms with Gasteiger partial charge in [-0.3, -0.25) is 4.90 Å². The van der Waals surface area contributed by atoms with Crippen molar-refractivity contribution in [2.45, 2.75) is 25.5 Å². The fourth-order valence-corrected chi connectivity index (χ4v) is 4.23. The maximum Gasteiger partial charge on any atom is 0.133 e. The molecule has 1 N–H and O–H groups in total. The fourth-order valence-electron chi connectivity index (χ4n) is 3.75. The van der Waals surface area contributed by atoms with Gasteiger partial charge in [0.05, 0.1) is 24.8 Å². The van der Waals surface area contributed by atoms with Crippen LogP contribution in [-0.4, -0.2) is 43.4 Å². The molecule has 3 rings (SSSR count). The maximum absolute atomic E-state index is 10.0. The Hall–Kier alpha value is -0.780. The Balaban J connectivity index is 1.76. The van der Waals surface area contributed by atoms with Crippen molar-refractivity contribution in [3.63, 3.8) is 0 Å². The van der Waals surface area contributed by atoms with Crippen molar-refractivity contribution in [3.05, 3.63) is 22.2 Å². The minimum absolute atomic E-state index is 0.110. The van der Waals surface area contributed by atoms with E-state index in [9.17, 15) is 5.11 Å². The number of ether oxygens (including phenoxy) is 2. The molecule has 3 unspecified atom stereocenters. The van der Waals surface area contributed by atoms with Crippen LogP contribution in [0.5, 0.6) is 11.5 Å². The number of fused-ring (bicyclic) bond motifs is 1. The van der Waals surface area contributed by atoms with E-state index in [4.69, 9.17) is 9.47 Å². The SMILES string of the molecule is COc1cc(CN2CC3CCC(O)C3C2)c(OC)cc1Br. The van der Waals surface area contributed by atoms with Crippen molar-refractivity contribution >= 4 is 15.9 Å². The monoisotopic (exact) mass is 355 g/mol. The van der Waals surface area contributed by atoms with Crippen LogP contribution >= 0.6 is 15.9 Å². The first kappa shape index (κ1) is 15.1. The summed E-state index contributed by atoms with van der Waals surface area (Å²) in [5.41, 5.74) is 1.13. The number of halogens is 1. The maximum atomic E-state index is 10.0. The van der Waals surface area contributed by atoms with Gasteiger partial charge >= 0.3 is 0 Å². The molecule has 0 amide bonds. The van der Waals surface area contributed by atoms with Gasteiger partial charge < -0.3 is 14.6 Å². The van der Waals surface area contributed by atoms with Crippen LogP contribution in [0.3, 0.4) is 0 Å². The van der Waals surface area contributed by atoms with Crippen molar-refractivity contribution in [1.82, 2.24) is 4.90 Å². The number of nitrogens with zero attached hydrogens (tertiary/aromatic N) is 1. The molecule has 2 aliphatic rings. The summed E-state index contributed by atoms with van der Waals surface area (Å²) in [5.74, 6) is 2.81. The zero-order valence-electron chi connectivity index (χ0n) is 12.5. The molecule has 1 aromatic rings. The van der Waals surface area contributed by atoms with Crippen molar-refractivity contribution in [1.29, 1.82) is 0 Å². The van der Waals surface area contributed by atoms with Gasteiger partial charge in [0.15, 0.2) is 0 Å².